The largest absolute Gasteiger partial charge is 0.481 e. The van der Waals surface area contributed by atoms with Gasteiger partial charge in [-0.25, -0.2) is 9.50 Å². The van der Waals surface area contributed by atoms with Gasteiger partial charge in [0.15, 0.2) is 5.65 Å². The van der Waals surface area contributed by atoms with E-state index in [1.165, 1.54) is 0 Å². The number of carbonyl (C=O) groups is 1. The van der Waals surface area contributed by atoms with Gasteiger partial charge >= 0.3 is 5.97 Å². The van der Waals surface area contributed by atoms with Crippen LogP contribution in [-0.4, -0.2) is 25.7 Å². The summed E-state index contributed by atoms with van der Waals surface area (Å²) in [5, 5.41) is 13.2. The third kappa shape index (κ3) is 1.76. The van der Waals surface area contributed by atoms with Crippen LogP contribution in [0.3, 0.4) is 0 Å². The standard InChI is InChI=1S/C11H13N3O2/c1-7(2)10-8(6-9(15)16)11-12-4-3-5-14(11)13-10/h3-5,7H,6H2,1-2H3,(H,15,16). The van der Waals surface area contributed by atoms with E-state index >= 15 is 0 Å². The minimum atomic E-state index is -0.859. The van der Waals surface area contributed by atoms with E-state index in [0.717, 1.165) is 5.69 Å². The third-order valence-corrected chi connectivity index (χ3v) is 2.40. The zero-order valence-corrected chi connectivity index (χ0v) is 9.21. The highest BCUT2D eigenvalue weighted by molar-refractivity contribution is 5.74. The molecule has 2 rings (SSSR count). The van der Waals surface area contributed by atoms with Crippen LogP contribution in [0, 0.1) is 0 Å². The normalized spacial score (nSPS) is 11.2. The number of nitrogens with zero attached hydrogens (tertiary/aromatic N) is 3. The van der Waals surface area contributed by atoms with Gasteiger partial charge in [0, 0.05) is 18.0 Å². The van der Waals surface area contributed by atoms with Crippen LogP contribution in [-0.2, 0) is 11.2 Å². The zero-order chi connectivity index (χ0) is 11.7. The molecule has 2 aromatic rings. The Bertz CT molecular complexity index is 531. The van der Waals surface area contributed by atoms with E-state index in [4.69, 9.17) is 5.11 Å². The highest BCUT2D eigenvalue weighted by Crippen LogP contribution is 2.21. The molecule has 0 spiro atoms. The monoisotopic (exact) mass is 219 g/mol. The van der Waals surface area contributed by atoms with Crippen molar-refractivity contribution in [3.63, 3.8) is 0 Å². The summed E-state index contributed by atoms with van der Waals surface area (Å²) in [5.41, 5.74) is 2.15. The summed E-state index contributed by atoms with van der Waals surface area (Å²) in [6.45, 7) is 3.99. The van der Waals surface area contributed by atoms with Crippen LogP contribution in [0.1, 0.15) is 31.0 Å². The summed E-state index contributed by atoms with van der Waals surface area (Å²) in [5.74, 6) is -0.668. The first-order chi connectivity index (χ1) is 7.59. The SMILES string of the molecule is CC(C)c1nn2cccnc2c1CC(=O)O. The molecule has 1 N–H and O–H groups in total. The van der Waals surface area contributed by atoms with Gasteiger partial charge in [-0.2, -0.15) is 5.10 Å². The topological polar surface area (TPSA) is 67.5 Å². The van der Waals surface area contributed by atoms with Crippen molar-refractivity contribution in [1.82, 2.24) is 14.6 Å². The predicted molar refractivity (Wildman–Crippen MR) is 58.4 cm³/mol. The average molecular weight is 219 g/mol. The van der Waals surface area contributed by atoms with Crippen molar-refractivity contribution in [2.45, 2.75) is 26.2 Å². The number of fused-ring (bicyclic) bond motifs is 1. The number of carboxylic acids is 1. The van der Waals surface area contributed by atoms with Crippen molar-refractivity contribution in [2.75, 3.05) is 0 Å². The molecule has 0 saturated heterocycles. The lowest BCUT2D eigenvalue weighted by molar-refractivity contribution is -0.136. The van der Waals surface area contributed by atoms with E-state index in [1.807, 2.05) is 13.8 Å². The summed E-state index contributed by atoms with van der Waals surface area (Å²) in [6, 6.07) is 1.77. The Labute approximate surface area is 92.7 Å². The maximum Gasteiger partial charge on any atom is 0.308 e. The molecule has 0 aliphatic carbocycles. The van der Waals surface area contributed by atoms with Crippen molar-refractivity contribution in [3.8, 4) is 0 Å². The average Bonchev–Trinajstić information content (AvgIpc) is 2.57. The van der Waals surface area contributed by atoms with Crippen molar-refractivity contribution in [2.24, 2.45) is 0 Å². The highest BCUT2D eigenvalue weighted by atomic mass is 16.4. The highest BCUT2D eigenvalue weighted by Gasteiger charge is 2.18. The predicted octanol–water partition coefficient (Wildman–Crippen LogP) is 1.48. The minimum Gasteiger partial charge on any atom is -0.481 e. The van der Waals surface area contributed by atoms with E-state index in [0.29, 0.717) is 11.2 Å². The number of carboxylic acid groups (broad SMARTS) is 1. The van der Waals surface area contributed by atoms with Gasteiger partial charge in [0.2, 0.25) is 0 Å². The van der Waals surface area contributed by atoms with E-state index in [-0.39, 0.29) is 12.3 Å². The van der Waals surface area contributed by atoms with Crippen LogP contribution in [0.25, 0.3) is 5.65 Å². The second-order valence-corrected chi connectivity index (χ2v) is 3.98. The number of hydrogen-bond acceptors (Lipinski definition) is 3. The molecular formula is C11H13N3O2. The van der Waals surface area contributed by atoms with Crippen LogP contribution in [0.2, 0.25) is 0 Å². The van der Waals surface area contributed by atoms with Crippen molar-refractivity contribution >= 4 is 11.6 Å². The molecule has 5 heteroatoms. The van der Waals surface area contributed by atoms with Crippen LogP contribution >= 0.6 is 0 Å². The van der Waals surface area contributed by atoms with Crippen LogP contribution in [0.15, 0.2) is 18.5 Å². The molecule has 0 amide bonds. The molecule has 84 valence electrons. The fraction of sp³-hybridized carbons (Fsp3) is 0.364. The molecule has 0 aromatic carbocycles. The van der Waals surface area contributed by atoms with E-state index in [1.54, 1.807) is 23.0 Å². The zero-order valence-electron chi connectivity index (χ0n) is 9.21. The molecule has 0 atom stereocenters. The number of aliphatic carboxylic acids is 1. The fourth-order valence-corrected chi connectivity index (χ4v) is 1.74. The molecule has 0 aliphatic rings. The smallest absolute Gasteiger partial charge is 0.308 e. The van der Waals surface area contributed by atoms with E-state index in [9.17, 15) is 4.79 Å². The van der Waals surface area contributed by atoms with Gasteiger partial charge in [-0.1, -0.05) is 13.8 Å². The first-order valence-corrected chi connectivity index (χ1v) is 5.13. The quantitative estimate of drug-likeness (QED) is 0.849. The third-order valence-electron chi connectivity index (χ3n) is 2.40. The molecular weight excluding hydrogens is 206 g/mol. The molecule has 0 unspecified atom stereocenters. The van der Waals surface area contributed by atoms with Crippen LogP contribution in [0.5, 0.6) is 0 Å². The van der Waals surface area contributed by atoms with Gasteiger partial charge in [-0.05, 0) is 12.0 Å². The maximum absolute atomic E-state index is 10.8. The van der Waals surface area contributed by atoms with E-state index < -0.39 is 5.97 Å². The molecule has 0 saturated carbocycles. The Hall–Kier alpha value is -1.91. The maximum atomic E-state index is 10.8. The Morgan fingerprint density at radius 2 is 2.31 bits per heavy atom. The molecule has 16 heavy (non-hydrogen) atoms. The molecule has 0 fully saturated rings. The van der Waals surface area contributed by atoms with Crippen LogP contribution in [0.4, 0.5) is 0 Å². The number of rotatable bonds is 3. The van der Waals surface area contributed by atoms with Crippen molar-refractivity contribution in [1.29, 1.82) is 0 Å². The molecule has 0 bridgehead atoms. The second-order valence-electron chi connectivity index (χ2n) is 3.98. The lowest BCUT2D eigenvalue weighted by atomic mass is 10.0. The minimum absolute atomic E-state index is 0.0337. The van der Waals surface area contributed by atoms with E-state index in [2.05, 4.69) is 10.1 Å². The Morgan fingerprint density at radius 1 is 1.56 bits per heavy atom. The molecule has 0 aliphatic heterocycles. The van der Waals surface area contributed by atoms with Gasteiger partial charge in [-0.3, -0.25) is 4.79 Å². The molecule has 0 radical (unpaired) electrons. The van der Waals surface area contributed by atoms with Gasteiger partial charge in [-0.15, -0.1) is 0 Å². The van der Waals surface area contributed by atoms with Crippen molar-refractivity contribution in [3.05, 3.63) is 29.7 Å². The lowest BCUT2D eigenvalue weighted by Gasteiger charge is -2.02. The van der Waals surface area contributed by atoms with Gasteiger partial charge in [0.1, 0.15) is 0 Å². The first-order valence-electron chi connectivity index (χ1n) is 5.13. The Balaban J connectivity index is 2.64. The van der Waals surface area contributed by atoms with Crippen molar-refractivity contribution < 1.29 is 9.90 Å². The van der Waals surface area contributed by atoms with Gasteiger partial charge in [0.05, 0.1) is 12.1 Å². The fourth-order valence-electron chi connectivity index (χ4n) is 1.74. The van der Waals surface area contributed by atoms with Gasteiger partial charge < -0.3 is 5.11 Å². The lowest BCUT2D eigenvalue weighted by Crippen LogP contribution is -2.03. The van der Waals surface area contributed by atoms with Crippen LogP contribution < -0.4 is 0 Å². The Kier molecular flexibility index (Phi) is 2.60. The summed E-state index contributed by atoms with van der Waals surface area (Å²) in [7, 11) is 0. The summed E-state index contributed by atoms with van der Waals surface area (Å²) < 4.78 is 1.63. The summed E-state index contributed by atoms with van der Waals surface area (Å²) >= 11 is 0. The molecule has 2 heterocycles. The first kappa shape index (κ1) is 10.6. The molecule has 5 nitrogen and oxygen atoms in total. The second kappa shape index (κ2) is 3.92. The number of aromatic nitrogens is 3. The van der Waals surface area contributed by atoms with Gasteiger partial charge in [0.25, 0.3) is 0 Å². The Morgan fingerprint density at radius 3 is 2.94 bits per heavy atom. The number of hydrogen-bond donors (Lipinski definition) is 1. The summed E-state index contributed by atoms with van der Waals surface area (Å²) in [4.78, 5) is 15.0. The molecule has 2 aromatic heterocycles. The summed E-state index contributed by atoms with van der Waals surface area (Å²) in [6.07, 6.45) is 3.39.